The molecular formula is C21H21N3O2S. The molecule has 3 rings (SSSR count). The van der Waals surface area contributed by atoms with Gasteiger partial charge in [-0.15, -0.1) is 11.3 Å². The van der Waals surface area contributed by atoms with Gasteiger partial charge in [0.2, 0.25) is 0 Å². The number of para-hydroxylation sites is 1. The van der Waals surface area contributed by atoms with Crippen LogP contribution in [-0.2, 0) is 10.3 Å². The van der Waals surface area contributed by atoms with E-state index in [1.165, 1.54) is 6.21 Å². The number of anilines is 1. The highest BCUT2D eigenvalue weighted by atomic mass is 32.1. The van der Waals surface area contributed by atoms with E-state index < -0.39 is 6.09 Å². The summed E-state index contributed by atoms with van der Waals surface area (Å²) in [6.45, 7) is 6.46. The summed E-state index contributed by atoms with van der Waals surface area (Å²) in [6, 6.07) is 16.9. The molecule has 1 N–H and O–H groups in total. The highest BCUT2D eigenvalue weighted by Gasteiger charge is 2.17. The Morgan fingerprint density at radius 1 is 1.11 bits per heavy atom. The first-order chi connectivity index (χ1) is 12.9. The van der Waals surface area contributed by atoms with Crippen LogP contribution in [0.3, 0.4) is 0 Å². The van der Waals surface area contributed by atoms with Crippen molar-refractivity contribution in [3.05, 3.63) is 71.2 Å². The van der Waals surface area contributed by atoms with Gasteiger partial charge in [0.25, 0.3) is 0 Å². The molecule has 1 aromatic heterocycles. The predicted octanol–water partition coefficient (Wildman–Crippen LogP) is 5.69. The molecule has 5 nitrogen and oxygen atoms in total. The van der Waals surface area contributed by atoms with Crippen molar-refractivity contribution < 1.29 is 9.63 Å². The van der Waals surface area contributed by atoms with Crippen molar-refractivity contribution in [1.82, 2.24) is 4.98 Å². The van der Waals surface area contributed by atoms with Gasteiger partial charge < -0.3 is 0 Å². The Kier molecular flexibility index (Phi) is 5.66. The monoisotopic (exact) mass is 379 g/mol. The summed E-state index contributed by atoms with van der Waals surface area (Å²) >= 11 is 1.64. The lowest BCUT2D eigenvalue weighted by atomic mass is 9.93. The minimum Gasteiger partial charge on any atom is -0.298 e. The number of hydrogen-bond acceptors (Lipinski definition) is 5. The molecule has 2 aromatic carbocycles. The molecule has 1 heterocycles. The van der Waals surface area contributed by atoms with E-state index in [1.807, 2.05) is 42.5 Å². The van der Waals surface area contributed by atoms with Gasteiger partial charge in [-0.3, -0.25) is 10.2 Å². The summed E-state index contributed by atoms with van der Waals surface area (Å²) in [6.07, 6.45) is 0.864. The maximum Gasteiger partial charge on any atom is 0.437 e. The van der Waals surface area contributed by atoms with Crippen LogP contribution in [0.15, 0.2) is 65.1 Å². The maximum atomic E-state index is 11.7. The van der Waals surface area contributed by atoms with Gasteiger partial charge in [-0.05, 0) is 17.7 Å². The zero-order valence-electron chi connectivity index (χ0n) is 15.5. The van der Waals surface area contributed by atoms with Gasteiger partial charge in [0.05, 0.1) is 11.9 Å². The molecule has 0 radical (unpaired) electrons. The second-order valence-electron chi connectivity index (χ2n) is 7.01. The number of carbonyl (C=O) groups excluding carboxylic acids is 1. The first-order valence-corrected chi connectivity index (χ1v) is 9.43. The van der Waals surface area contributed by atoms with Gasteiger partial charge in [-0.25, -0.2) is 9.78 Å². The number of hydrogen-bond donors (Lipinski definition) is 1. The first-order valence-electron chi connectivity index (χ1n) is 8.55. The maximum absolute atomic E-state index is 11.7. The van der Waals surface area contributed by atoms with E-state index in [9.17, 15) is 4.79 Å². The molecule has 0 unspecified atom stereocenters. The largest absolute Gasteiger partial charge is 0.437 e. The number of oxime groups is 1. The summed E-state index contributed by atoms with van der Waals surface area (Å²) in [5.74, 6) is 0. The molecule has 6 heteroatoms. The normalized spacial score (nSPS) is 11.5. The summed E-state index contributed by atoms with van der Waals surface area (Å²) in [5, 5.41) is 9.41. The van der Waals surface area contributed by atoms with Gasteiger partial charge >= 0.3 is 6.09 Å². The fourth-order valence-corrected chi connectivity index (χ4v) is 3.31. The number of benzene rings is 2. The number of nitrogens with one attached hydrogen (secondary N) is 1. The van der Waals surface area contributed by atoms with E-state index in [1.54, 1.807) is 23.5 Å². The van der Waals surface area contributed by atoms with Crippen LogP contribution in [0.5, 0.6) is 0 Å². The van der Waals surface area contributed by atoms with Crippen LogP contribution >= 0.6 is 11.3 Å². The third-order valence-corrected chi connectivity index (χ3v) is 4.68. The molecule has 0 spiro atoms. The molecule has 138 valence electrons. The number of amides is 1. The van der Waals surface area contributed by atoms with Crippen LogP contribution in [0, 0.1) is 0 Å². The van der Waals surface area contributed by atoms with Crippen molar-refractivity contribution in [2.75, 3.05) is 5.32 Å². The minimum atomic E-state index is -0.633. The molecule has 0 atom stereocenters. The third-order valence-electron chi connectivity index (χ3n) is 3.79. The van der Waals surface area contributed by atoms with Crippen molar-refractivity contribution in [2.45, 2.75) is 26.2 Å². The molecule has 27 heavy (non-hydrogen) atoms. The Morgan fingerprint density at radius 3 is 2.44 bits per heavy atom. The van der Waals surface area contributed by atoms with Gasteiger partial charge in [0.1, 0.15) is 5.01 Å². The summed E-state index contributed by atoms with van der Waals surface area (Å²) in [5.41, 5.74) is 3.67. The molecule has 0 aliphatic heterocycles. The molecule has 0 aliphatic rings. The quantitative estimate of drug-likeness (QED) is 0.360. The Bertz CT molecular complexity index is 926. The molecule has 0 saturated heterocycles. The van der Waals surface area contributed by atoms with Crippen molar-refractivity contribution in [3.8, 4) is 10.6 Å². The fourth-order valence-electron chi connectivity index (χ4n) is 2.26. The van der Waals surface area contributed by atoms with Crippen molar-refractivity contribution in [3.63, 3.8) is 0 Å². The average molecular weight is 379 g/mol. The smallest absolute Gasteiger partial charge is 0.298 e. The highest BCUT2D eigenvalue weighted by Crippen LogP contribution is 2.29. The highest BCUT2D eigenvalue weighted by molar-refractivity contribution is 7.13. The van der Waals surface area contributed by atoms with Crippen molar-refractivity contribution in [2.24, 2.45) is 5.16 Å². The van der Waals surface area contributed by atoms with E-state index in [0.717, 1.165) is 21.8 Å². The minimum absolute atomic E-state index is 0.0407. The molecule has 0 aliphatic carbocycles. The molecule has 0 saturated carbocycles. The van der Waals surface area contributed by atoms with Crippen LogP contribution in [0.25, 0.3) is 10.6 Å². The molecule has 0 fully saturated rings. The topological polar surface area (TPSA) is 63.6 Å². The van der Waals surface area contributed by atoms with Gasteiger partial charge in [0.15, 0.2) is 0 Å². The van der Waals surface area contributed by atoms with E-state index in [2.05, 4.69) is 36.6 Å². The Morgan fingerprint density at radius 2 is 1.81 bits per heavy atom. The lowest BCUT2D eigenvalue weighted by molar-refractivity contribution is 0.167. The van der Waals surface area contributed by atoms with Crippen molar-refractivity contribution >= 4 is 29.3 Å². The van der Waals surface area contributed by atoms with E-state index in [4.69, 9.17) is 9.82 Å². The van der Waals surface area contributed by atoms with E-state index in [0.29, 0.717) is 5.69 Å². The summed E-state index contributed by atoms with van der Waals surface area (Å²) in [7, 11) is 0. The lowest BCUT2D eigenvalue weighted by Gasteiger charge is -2.14. The number of rotatable bonds is 4. The number of aromatic nitrogens is 1. The second kappa shape index (κ2) is 8.14. The van der Waals surface area contributed by atoms with Crippen LogP contribution in [0.1, 0.15) is 32.0 Å². The molecule has 1 amide bonds. The lowest BCUT2D eigenvalue weighted by Crippen LogP contribution is -2.11. The molecule has 3 aromatic rings. The molecular weight excluding hydrogens is 358 g/mol. The zero-order valence-corrected chi connectivity index (χ0v) is 16.3. The second-order valence-corrected chi connectivity index (χ2v) is 7.87. The Hall–Kier alpha value is -2.99. The SMILES string of the molecule is CC(C)(C)c1csc(-c2ccc(C=NOC(=O)Nc3ccccc3)cc2)n1. The Balaban J connectivity index is 1.58. The van der Waals surface area contributed by atoms with Gasteiger partial charge in [-0.2, -0.15) is 0 Å². The zero-order chi connectivity index (χ0) is 19.3. The number of carbonyl (C=O) groups is 1. The van der Waals surface area contributed by atoms with Crippen LogP contribution in [0.2, 0.25) is 0 Å². The van der Waals surface area contributed by atoms with Crippen LogP contribution < -0.4 is 5.32 Å². The summed E-state index contributed by atoms with van der Waals surface area (Å²) < 4.78 is 0. The van der Waals surface area contributed by atoms with E-state index in [-0.39, 0.29) is 5.41 Å². The van der Waals surface area contributed by atoms with Gasteiger partial charge in [-0.1, -0.05) is 68.4 Å². The fraction of sp³-hybridized carbons (Fsp3) is 0.190. The third kappa shape index (κ3) is 5.24. The summed E-state index contributed by atoms with van der Waals surface area (Å²) in [4.78, 5) is 21.2. The van der Waals surface area contributed by atoms with E-state index >= 15 is 0 Å². The average Bonchev–Trinajstić information content (AvgIpc) is 3.14. The van der Waals surface area contributed by atoms with Gasteiger partial charge in [0, 0.05) is 22.0 Å². The first kappa shape index (κ1) is 18.8. The standard InChI is InChI=1S/C21H21N3O2S/c1-21(2,3)18-14-27-19(24-18)16-11-9-15(10-12-16)13-22-26-20(25)23-17-7-5-4-6-8-17/h4-14H,1-3H3,(H,23,25). The van der Waals surface area contributed by atoms with Crippen molar-refractivity contribution in [1.29, 1.82) is 0 Å². The number of nitrogens with zero attached hydrogens (tertiary/aromatic N) is 2. The molecule has 0 bridgehead atoms. The number of thiazole rings is 1. The van der Waals surface area contributed by atoms with Crippen LogP contribution in [0.4, 0.5) is 10.5 Å². The Labute approximate surface area is 162 Å². The van der Waals surface area contributed by atoms with Crippen LogP contribution in [-0.4, -0.2) is 17.3 Å². The predicted molar refractivity (Wildman–Crippen MR) is 110 cm³/mol.